The molecule has 2 rings (SSSR count). The molecule has 0 spiro atoms. The average molecular weight is 196 g/mol. The van der Waals surface area contributed by atoms with E-state index in [-0.39, 0.29) is 5.48 Å². The molecule has 82 valence electrons. The first kappa shape index (κ1) is 11.8. The monoisotopic (exact) mass is 196 g/mol. The minimum Gasteiger partial charge on any atom is -0.412 e. The van der Waals surface area contributed by atoms with Crippen molar-refractivity contribution in [1.82, 2.24) is 0 Å². The average Bonchev–Trinajstić information content (AvgIpc) is 2.94. The summed E-state index contributed by atoms with van der Waals surface area (Å²) in [6.07, 6.45) is 12.4. The SMILES string of the molecule is C=CC1(CC2CC2)CCC(C)CC1.O. The van der Waals surface area contributed by atoms with Gasteiger partial charge in [-0.3, -0.25) is 0 Å². The van der Waals surface area contributed by atoms with Gasteiger partial charge in [-0.25, -0.2) is 0 Å². The summed E-state index contributed by atoms with van der Waals surface area (Å²) in [7, 11) is 0. The van der Waals surface area contributed by atoms with Crippen LogP contribution in [0.4, 0.5) is 0 Å². The Kier molecular flexibility index (Phi) is 3.77. The molecule has 0 unspecified atom stereocenters. The van der Waals surface area contributed by atoms with Crippen LogP contribution >= 0.6 is 0 Å². The lowest BCUT2D eigenvalue weighted by Crippen LogP contribution is -2.25. The molecule has 0 aliphatic heterocycles. The maximum absolute atomic E-state index is 4.06. The topological polar surface area (TPSA) is 31.5 Å². The molecule has 2 aliphatic rings. The van der Waals surface area contributed by atoms with Gasteiger partial charge in [-0.15, -0.1) is 6.58 Å². The molecule has 0 aromatic heterocycles. The summed E-state index contributed by atoms with van der Waals surface area (Å²) >= 11 is 0. The predicted molar refractivity (Wildman–Crippen MR) is 61.2 cm³/mol. The van der Waals surface area contributed by atoms with Gasteiger partial charge in [-0.05, 0) is 49.4 Å². The molecule has 0 amide bonds. The summed E-state index contributed by atoms with van der Waals surface area (Å²) in [5.41, 5.74) is 0.549. The molecule has 0 saturated heterocycles. The van der Waals surface area contributed by atoms with Crippen molar-refractivity contribution in [3.8, 4) is 0 Å². The minimum absolute atomic E-state index is 0. The lowest BCUT2D eigenvalue weighted by Gasteiger charge is -2.37. The van der Waals surface area contributed by atoms with Gasteiger partial charge in [0.25, 0.3) is 0 Å². The number of allylic oxidation sites excluding steroid dienone is 1. The fourth-order valence-electron chi connectivity index (χ4n) is 2.73. The normalized spacial score (nSPS) is 37.4. The zero-order valence-corrected chi connectivity index (χ0v) is 9.39. The molecule has 0 aromatic carbocycles. The van der Waals surface area contributed by atoms with Crippen LogP contribution in [-0.4, -0.2) is 5.48 Å². The molecule has 1 heteroatoms. The molecule has 2 saturated carbocycles. The number of hydrogen-bond acceptors (Lipinski definition) is 0. The van der Waals surface area contributed by atoms with Gasteiger partial charge in [0.2, 0.25) is 0 Å². The first-order valence-electron chi connectivity index (χ1n) is 5.88. The van der Waals surface area contributed by atoms with E-state index in [9.17, 15) is 0 Å². The zero-order valence-electron chi connectivity index (χ0n) is 9.39. The number of rotatable bonds is 3. The Hall–Kier alpha value is -0.300. The van der Waals surface area contributed by atoms with Crippen LogP contribution in [0.15, 0.2) is 12.7 Å². The van der Waals surface area contributed by atoms with Crippen LogP contribution in [0.1, 0.15) is 51.9 Å². The molecular formula is C13H24O. The summed E-state index contributed by atoms with van der Waals surface area (Å²) in [5.74, 6) is 2.03. The lowest BCUT2D eigenvalue weighted by atomic mass is 9.68. The summed E-state index contributed by atoms with van der Waals surface area (Å²) in [4.78, 5) is 0. The van der Waals surface area contributed by atoms with Crippen molar-refractivity contribution in [2.75, 3.05) is 0 Å². The third kappa shape index (κ3) is 2.60. The van der Waals surface area contributed by atoms with Crippen molar-refractivity contribution in [2.24, 2.45) is 17.3 Å². The van der Waals surface area contributed by atoms with Crippen LogP contribution in [-0.2, 0) is 0 Å². The maximum atomic E-state index is 4.06. The fourth-order valence-corrected chi connectivity index (χ4v) is 2.73. The van der Waals surface area contributed by atoms with Crippen molar-refractivity contribution >= 4 is 0 Å². The van der Waals surface area contributed by atoms with Gasteiger partial charge in [0, 0.05) is 0 Å². The first-order valence-corrected chi connectivity index (χ1v) is 5.88. The van der Waals surface area contributed by atoms with Gasteiger partial charge in [0.1, 0.15) is 0 Å². The second-order valence-corrected chi connectivity index (χ2v) is 5.40. The van der Waals surface area contributed by atoms with Crippen LogP contribution in [0.2, 0.25) is 0 Å². The van der Waals surface area contributed by atoms with Gasteiger partial charge in [-0.2, -0.15) is 0 Å². The van der Waals surface area contributed by atoms with E-state index in [0.29, 0.717) is 5.41 Å². The van der Waals surface area contributed by atoms with Gasteiger partial charge in [0.15, 0.2) is 0 Å². The van der Waals surface area contributed by atoms with Crippen LogP contribution in [0, 0.1) is 17.3 Å². The van der Waals surface area contributed by atoms with Crippen LogP contribution in [0.25, 0.3) is 0 Å². The highest BCUT2D eigenvalue weighted by atomic mass is 16.0. The fraction of sp³-hybridized carbons (Fsp3) is 0.846. The second-order valence-electron chi connectivity index (χ2n) is 5.40. The van der Waals surface area contributed by atoms with E-state index in [4.69, 9.17) is 0 Å². The largest absolute Gasteiger partial charge is 0.412 e. The molecule has 0 heterocycles. The van der Waals surface area contributed by atoms with E-state index < -0.39 is 0 Å². The van der Waals surface area contributed by atoms with E-state index >= 15 is 0 Å². The van der Waals surface area contributed by atoms with Crippen molar-refractivity contribution < 1.29 is 5.48 Å². The highest BCUT2D eigenvalue weighted by molar-refractivity contribution is 5.00. The van der Waals surface area contributed by atoms with E-state index in [1.54, 1.807) is 0 Å². The Morgan fingerprint density at radius 3 is 2.21 bits per heavy atom. The van der Waals surface area contributed by atoms with E-state index in [1.165, 1.54) is 44.9 Å². The molecular weight excluding hydrogens is 172 g/mol. The van der Waals surface area contributed by atoms with Gasteiger partial charge >= 0.3 is 0 Å². The summed E-state index contributed by atoms with van der Waals surface area (Å²) in [6.45, 7) is 6.46. The van der Waals surface area contributed by atoms with Gasteiger partial charge in [-0.1, -0.05) is 25.8 Å². The van der Waals surface area contributed by atoms with Crippen molar-refractivity contribution in [3.63, 3.8) is 0 Å². The van der Waals surface area contributed by atoms with E-state index in [0.717, 1.165) is 11.8 Å². The summed E-state index contributed by atoms with van der Waals surface area (Å²) in [6, 6.07) is 0. The first-order chi connectivity index (χ1) is 6.24. The highest BCUT2D eigenvalue weighted by Gasteiger charge is 2.36. The van der Waals surface area contributed by atoms with Crippen molar-refractivity contribution in [3.05, 3.63) is 12.7 Å². The minimum atomic E-state index is 0. The van der Waals surface area contributed by atoms with Crippen LogP contribution in [0.5, 0.6) is 0 Å². The Morgan fingerprint density at radius 2 is 1.79 bits per heavy atom. The Balaban J connectivity index is 0.000000980. The van der Waals surface area contributed by atoms with Crippen LogP contribution in [0.3, 0.4) is 0 Å². The predicted octanol–water partition coefficient (Wildman–Crippen LogP) is 3.34. The van der Waals surface area contributed by atoms with Gasteiger partial charge in [0.05, 0.1) is 0 Å². The maximum Gasteiger partial charge on any atom is -0.0118 e. The zero-order chi connectivity index (χ0) is 9.31. The molecule has 0 atom stereocenters. The molecule has 2 aliphatic carbocycles. The molecule has 0 aromatic rings. The third-order valence-electron chi connectivity index (χ3n) is 4.10. The molecule has 2 fully saturated rings. The summed E-state index contributed by atoms with van der Waals surface area (Å²) in [5, 5.41) is 0. The third-order valence-corrected chi connectivity index (χ3v) is 4.10. The Labute approximate surface area is 87.9 Å². The second kappa shape index (κ2) is 4.48. The van der Waals surface area contributed by atoms with E-state index in [2.05, 4.69) is 19.6 Å². The van der Waals surface area contributed by atoms with Crippen LogP contribution < -0.4 is 0 Å². The number of hydrogen-bond donors (Lipinski definition) is 0. The lowest BCUT2D eigenvalue weighted by molar-refractivity contribution is 0.190. The smallest absolute Gasteiger partial charge is 0.0118 e. The van der Waals surface area contributed by atoms with E-state index in [1.807, 2.05) is 0 Å². The summed E-state index contributed by atoms with van der Waals surface area (Å²) < 4.78 is 0. The molecule has 0 bridgehead atoms. The highest BCUT2D eigenvalue weighted by Crippen LogP contribution is 2.49. The molecule has 2 N–H and O–H groups in total. The van der Waals surface area contributed by atoms with Gasteiger partial charge < -0.3 is 5.48 Å². The molecule has 14 heavy (non-hydrogen) atoms. The Morgan fingerprint density at radius 1 is 1.21 bits per heavy atom. The molecule has 0 radical (unpaired) electrons. The Bertz CT molecular complexity index is 185. The van der Waals surface area contributed by atoms with Crippen molar-refractivity contribution in [2.45, 2.75) is 51.9 Å². The van der Waals surface area contributed by atoms with Crippen molar-refractivity contribution in [1.29, 1.82) is 0 Å². The standard InChI is InChI=1S/C13H22.H2O/c1-3-13(10-12-4-5-12)8-6-11(2)7-9-13;/h3,11-12H,1,4-10H2,2H3;1H2. The quantitative estimate of drug-likeness (QED) is 0.620. The molecule has 1 nitrogen and oxygen atoms in total.